The normalized spacial score (nSPS) is 21.2. The van der Waals surface area contributed by atoms with Crippen LogP contribution in [0, 0.1) is 0 Å². The standard InChI is InChI=1S/C18H25N3O3/c19-12-15-4-1-2-10-21(15)18(23)13-24-16-8-6-14(7-9-16)20-11-3-5-17(20)22/h6-9,15H,1-5,10-13,19H2. The number of likely N-dealkylation sites (tertiary alicyclic amines) is 1. The molecule has 0 aliphatic carbocycles. The van der Waals surface area contributed by atoms with Crippen molar-refractivity contribution in [2.75, 3.05) is 31.1 Å². The molecule has 0 bridgehead atoms. The lowest BCUT2D eigenvalue weighted by atomic mass is 10.0. The van der Waals surface area contributed by atoms with Crippen molar-refractivity contribution in [2.45, 2.75) is 38.1 Å². The highest BCUT2D eigenvalue weighted by molar-refractivity contribution is 5.95. The number of carbonyl (C=O) groups excluding carboxylic acids is 2. The Morgan fingerprint density at radius 1 is 1.17 bits per heavy atom. The first kappa shape index (κ1) is 16.8. The zero-order valence-electron chi connectivity index (χ0n) is 13.9. The van der Waals surface area contributed by atoms with E-state index in [2.05, 4.69) is 0 Å². The molecular weight excluding hydrogens is 306 g/mol. The van der Waals surface area contributed by atoms with E-state index in [1.54, 1.807) is 4.90 Å². The number of nitrogens with zero attached hydrogens (tertiary/aromatic N) is 2. The largest absolute Gasteiger partial charge is 0.484 e. The molecule has 1 unspecified atom stereocenters. The van der Waals surface area contributed by atoms with Crippen LogP contribution in [0.4, 0.5) is 5.69 Å². The minimum absolute atomic E-state index is 0.0102. The molecule has 1 aromatic carbocycles. The van der Waals surface area contributed by atoms with E-state index in [0.29, 0.717) is 18.7 Å². The van der Waals surface area contributed by atoms with E-state index in [9.17, 15) is 9.59 Å². The van der Waals surface area contributed by atoms with Crippen LogP contribution in [0.3, 0.4) is 0 Å². The lowest BCUT2D eigenvalue weighted by Gasteiger charge is -2.34. The van der Waals surface area contributed by atoms with E-state index in [1.807, 2.05) is 29.2 Å². The predicted molar refractivity (Wildman–Crippen MR) is 91.9 cm³/mol. The predicted octanol–water partition coefficient (Wildman–Crippen LogP) is 1.53. The highest BCUT2D eigenvalue weighted by atomic mass is 16.5. The molecule has 3 rings (SSSR count). The molecule has 1 aromatic rings. The van der Waals surface area contributed by atoms with Crippen LogP contribution in [0.1, 0.15) is 32.1 Å². The molecule has 0 radical (unpaired) electrons. The Hall–Kier alpha value is -2.08. The monoisotopic (exact) mass is 331 g/mol. The van der Waals surface area contributed by atoms with Crippen LogP contribution in [-0.2, 0) is 9.59 Å². The van der Waals surface area contributed by atoms with Crippen molar-refractivity contribution in [1.82, 2.24) is 4.90 Å². The number of ether oxygens (including phenoxy) is 1. The highest BCUT2D eigenvalue weighted by Crippen LogP contribution is 2.24. The minimum atomic E-state index is -0.0102. The van der Waals surface area contributed by atoms with Gasteiger partial charge >= 0.3 is 0 Å². The van der Waals surface area contributed by atoms with Crippen LogP contribution in [0.2, 0.25) is 0 Å². The molecule has 2 amide bonds. The molecule has 0 spiro atoms. The fraction of sp³-hybridized carbons (Fsp3) is 0.556. The van der Waals surface area contributed by atoms with Gasteiger partial charge in [0.15, 0.2) is 6.61 Å². The Morgan fingerprint density at radius 3 is 2.62 bits per heavy atom. The molecular formula is C18H25N3O3. The van der Waals surface area contributed by atoms with E-state index >= 15 is 0 Å². The summed E-state index contributed by atoms with van der Waals surface area (Å²) in [6.07, 6.45) is 4.65. The van der Waals surface area contributed by atoms with Gasteiger partial charge in [-0.25, -0.2) is 0 Å². The molecule has 2 aliphatic rings. The zero-order valence-corrected chi connectivity index (χ0v) is 13.9. The molecule has 24 heavy (non-hydrogen) atoms. The summed E-state index contributed by atoms with van der Waals surface area (Å²) >= 11 is 0. The van der Waals surface area contributed by atoms with E-state index in [4.69, 9.17) is 10.5 Å². The van der Waals surface area contributed by atoms with Crippen LogP contribution in [0.25, 0.3) is 0 Å². The first-order chi connectivity index (χ1) is 11.7. The second kappa shape index (κ2) is 7.66. The average Bonchev–Trinajstić information content (AvgIpc) is 3.06. The third kappa shape index (κ3) is 3.70. The molecule has 2 fully saturated rings. The number of amides is 2. The third-order valence-electron chi connectivity index (χ3n) is 4.80. The van der Waals surface area contributed by atoms with Crippen LogP contribution >= 0.6 is 0 Å². The highest BCUT2D eigenvalue weighted by Gasteiger charge is 2.26. The first-order valence-corrected chi connectivity index (χ1v) is 8.72. The summed E-state index contributed by atoms with van der Waals surface area (Å²) in [6.45, 7) is 2.07. The van der Waals surface area contributed by atoms with Gasteiger partial charge in [-0.15, -0.1) is 0 Å². The van der Waals surface area contributed by atoms with Gasteiger partial charge in [-0.05, 0) is 49.9 Å². The molecule has 2 saturated heterocycles. The van der Waals surface area contributed by atoms with Crippen molar-refractivity contribution in [3.63, 3.8) is 0 Å². The van der Waals surface area contributed by atoms with Gasteiger partial charge in [-0.2, -0.15) is 0 Å². The van der Waals surface area contributed by atoms with Crippen LogP contribution in [0.15, 0.2) is 24.3 Å². The smallest absolute Gasteiger partial charge is 0.260 e. The van der Waals surface area contributed by atoms with Gasteiger partial charge in [-0.1, -0.05) is 0 Å². The van der Waals surface area contributed by atoms with Crippen molar-refractivity contribution < 1.29 is 14.3 Å². The maximum absolute atomic E-state index is 12.4. The number of nitrogens with two attached hydrogens (primary N) is 1. The molecule has 0 aromatic heterocycles. The molecule has 2 heterocycles. The van der Waals surface area contributed by atoms with Gasteiger partial charge in [0, 0.05) is 37.8 Å². The van der Waals surface area contributed by atoms with Crippen molar-refractivity contribution in [2.24, 2.45) is 5.73 Å². The Bertz CT molecular complexity index is 588. The number of hydrogen-bond donors (Lipinski definition) is 1. The minimum Gasteiger partial charge on any atom is -0.484 e. The lowest BCUT2D eigenvalue weighted by molar-refractivity contribution is -0.136. The van der Waals surface area contributed by atoms with Crippen LogP contribution in [0.5, 0.6) is 5.75 Å². The van der Waals surface area contributed by atoms with Gasteiger partial charge in [0.2, 0.25) is 5.91 Å². The molecule has 1 atom stereocenters. The third-order valence-corrected chi connectivity index (χ3v) is 4.80. The Kier molecular flexibility index (Phi) is 5.35. The second-order valence-corrected chi connectivity index (χ2v) is 6.40. The van der Waals surface area contributed by atoms with Crippen molar-refractivity contribution in [3.8, 4) is 5.75 Å². The molecule has 2 aliphatic heterocycles. The summed E-state index contributed by atoms with van der Waals surface area (Å²) in [5, 5.41) is 0. The maximum atomic E-state index is 12.4. The molecule has 2 N–H and O–H groups in total. The van der Waals surface area contributed by atoms with Crippen molar-refractivity contribution in [1.29, 1.82) is 0 Å². The number of hydrogen-bond acceptors (Lipinski definition) is 4. The maximum Gasteiger partial charge on any atom is 0.260 e. The molecule has 0 saturated carbocycles. The van der Waals surface area contributed by atoms with Crippen molar-refractivity contribution in [3.05, 3.63) is 24.3 Å². The average molecular weight is 331 g/mol. The fourth-order valence-electron chi connectivity index (χ4n) is 3.45. The quantitative estimate of drug-likeness (QED) is 0.888. The SMILES string of the molecule is NCC1CCCCN1C(=O)COc1ccc(N2CCCC2=O)cc1. The fourth-order valence-corrected chi connectivity index (χ4v) is 3.45. The lowest BCUT2D eigenvalue weighted by Crippen LogP contribution is -2.49. The van der Waals surface area contributed by atoms with Gasteiger partial charge < -0.3 is 20.3 Å². The Balaban J connectivity index is 1.54. The molecule has 6 nitrogen and oxygen atoms in total. The van der Waals surface area contributed by atoms with Gasteiger partial charge in [-0.3, -0.25) is 9.59 Å². The Morgan fingerprint density at radius 2 is 1.96 bits per heavy atom. The van der Waals surface area contributed by atoms with Crippen LogP contribution in [-0.4, -0.2) is 49.0 Å². The van der Waals surface area contributed by atoms with Gasteiger partial charge in [0.05, 0.1) is 0 Å². The van der Waals surface area contributed by atoms with E-state index in [-0.39, 0.29) is 24.5 Å². The number of rotatable bonds is 5. The molecule has 6 heteroatoms. The zero-order chi connectivity index (χ0) is 16.9. The number of piperidine rings is 1. The second-order valence-electron chi connectivity index (χ2n) is 6.40. The number of carbonyl (C=O) groups is 2. The van der Waals surface area contributed by atoms with Crippen molar-refractivity contribution >= 4 is 17.5 Å². The summed E-state index contributed by atoms with van der Waals surface area (Å²) in [5.74, 6) is 0.792. The number of anilines is 1. The molecule has 130 valence electrons. The van der Waals surface area contributed by atoms with Gasteiger partial charge in [0.25, 0.3) is 5.91 Å². The van der Waals surface area contributed by atoms with E-state index in [1.165, 1.54) is 0 Å². The summed E-state index contributed by atoms with van der Waals surface area (Å²) in [6, 6.07) is 7.49. The summed E-state index contributed by atoms with van der Waals surface area (Å²) in [5.41, 5.74) is 6.64. The number of benzene rings is 1. The summed E-state index contributed by atoms with van der Waals surface area (Å²) < 4.78 is 5.62. The van der Waals surface area contributed by atoms with E-state index in [0.717, 1.165) is 44.5 Å². The van der Waals surface area contributed by atoms with Crippen LogP contribution < -0.4 is 15.4 Å². The Labute approximate surface area is 142 Å². The van der Waals surface area contributed by atoms with Gasteiger partial charge in [0.1, 0.15) is 5.75 Å². The summed E-state index contributed by atoms with van der Waals surface area (Å²) in [4.78, 5) is 27.7. The summed E-state index contributed by atoms with van der Waals surface area (Å²) in [7, 11) is 0. The topological polar surface area (TPSA) is 75.9 Å². The first-order valence-electron chi connectivity index (χ1n) is 8.72. The van der Waals surface area contributed by atoms with E-state index < -0.39 is 0 Å².